The summed E-state index contributed by atoms with van der Waals surface area (Å²) in [5.74, 6) is -0.675. The van der Waals surface area contributed by atoms with Gasteiger partial charge in [0.05, 0.1) is 17.9 Å². The number of aromatic nitrogens is 2. The minimum Gasteiger partial charge on any atom is -0.462 e. The van der Waals surface area contributed by atoms with Crippen LogP contribution in [0, 0.1) is 0 Å². The molecule has 2 aromatic carbocycles. The lowest BCUT2D eigenvalue weighted by atomic mass is 10.2. The highest BCUT2D eigenvalue weighted by Crippen LogP contribution is 2.13. The number of carbonyl (C=O) groups is 2. The molecule has 1 aromatic heterocycles. The molecule has 0 fully saturated rings. The number of nitrogens with one attached hydrogen (secondary N) is 1. The van der Waals surface area contributed by atoms with E-state index in [2.05, 4.69) is 10.4 Å². The fourth-order valence-corrected chi connectivity index (χ4v) is 2.45. The fourth-order valence-electron chi connectivity index (χ4n) is 2.45. The summed E-state index contributed by atoms with van der Waals surface area (Å²) in [6.07, 6.45) is 3.55. The molecule has 0 unspecified atom stereocenters. The molecule has 0 aliphatic heterocycles. The number of unbranched alkanes of at least 4 members (excludes halogenated alkanes) is 1. The van der Waals surface area contributed by atoms with E-state index in [4.69, 9.17) is 4.74 Å². The summed E-state index contributed by atoms with van der Waals surface area (Å²) in [5.41, 5.74) is 2.22. The van der Waals surface area contributed by atoms with Crippen LogP contribution >= 0.6 is 0 Å². The standard InChI is InChI=1S/C21H21N3O3/c1-2-3-15-27-21(26)16-9-11-17(12-10-16)22-20(25)19-13-14-24(23-19)18-7-5-4-6-8-18/h4-14H,2-3,15H2,1H3,(H,22,25). The number of ether oxygens (including phenoxy) is 1. The van der Waals surface area contributed by atoms with Gasteiger partial charge in [0.1, 0.15) is 0 Å². The van der Waals surface area contributed by atoms with Crippen LogP contribution in [0.3, 0.4) is 0 Å². The van der Waals surface area contributed by atoms with Gasteiger partial charge in [-0.05, 0) is 48.9 Å². The second-order valence-corrected chi connectivity index (χ2v) is 6.00. The largest absolute Gasteiger partial charge is 0.462 e. The van der Waals surface area contributed by atoms with Gasteiger partial charge in [-0.1, -0.05) is 31.5 Å². The van der Waals surface area contributed by atoms with Crippen LogP contribution < -0.4 is 5.32 Å². The smallest absolute Gasteiger partial charge is 0.338 e. The normalized spacial score (nSPS) is 10.4. The third-order valence-corrected chi connectivity index (χ3v) is 3.95. The second kappa shape index (κ2) is 8.80. The molecule has 0 bridgehead atoms. The molecule has 0 atom stereocenters. The van der Waals surface area contributed by atoms with E-state index in [1.54, 1.807) is 41.2 Å². The maximum Gasteiger partial charge on any atom is 0.338 e. The van der Waals surface area contributed by atoms with Crippen molar-refractivity contribution in [2.24, 2.45) is 0 Å². The average Bonchev–Trinajstić information content (AvgIpc) is 3.20. The zero-order valence-electron chi connectivity index (χ0n) is 15.1. The summed E-state index contributed by atoms with van der Waals surface area (Å²) in [7, 11) is 0. The van der Waals surface area contributed by atoms with Crippen molar-refractivity contribution in [2.75, 3.05) is 11.9 Å². The third kappa shape index (κ3) is 4.82. The van der Waals surface area contributed by atoms with Crippen molar-refractivity contribution < 1.29 is 14.3 Å². The van der Waals surface area contributed by atoms with E-state index in [9.17, 15) is 9.59 Å². The zero-order chi connectivity index (χ0) is 19.1. The molecule has 0 spiro atoms. The monoisotopic (exact) mass is 363 g/mol. The Labute approximate surface area is 157 Å². The van der Waals surface area contributed by atoms with Crippen LogP contribution in [0.15, 0.2) is 66.9 Å². The number of benzene rings is 2. The van der Waals surface area contributed by atoms with Crippen LogP contribution in [0.5, 0.6) is 0 Å². The molecule has 6 nitrogen and oxygen atoms in total. The molecule has 6 heteroatoms. The Morgan fingerprint density at radius 1 is 1.04 bits per heavy atom. The molecule has 0 saturated heterocycles. The number of hydrogen-bond donors (Lipinski definition) is 1. The Bertz CT molecular complexity index is 902. The first-order chi connectivity index (χ1) is 13.2. The summed E-state index contributed by atoms with van der Waals surface area (Å²) in [6, 6.07) is 17.8. The van der Waals surface area contributed by atoms with E-state index in [1.807, 2.05) is 37.3 Å². The van der Waals surface area contributed by atoms with Gasteiger partial charge in [0, 0.05) is 11.9 Å². The van der Waals surface area contributed by atoms with Gasteiger partial charge in [-0.25, -0.2) is 9.48 Å². The molecule has 27 heavy (non-hydrogen) atoms. The molecule has 1 N–H and O–H groups in total. The number of esters is 1. The van der Waals surface area contributed by atoms with Crippen molar-refractivity contribution in [3.8, 4) is 5.69 Å². The Morgan fingerprint density at radius 3 is 2.48 bits per heavy atom. The Balaban J connectivity index is 1.61. The predicted octanol–water partition coefficient (Wildman–Crippen LogP) is 4.08. The minimum atomic E-state index is -0.358. The number of anilines is 1. The summed E-state index contributed by atoms with van der Waals surface area (Å²) in [6.45, 7) is 2.45. The molecular formula is C21H21N3O3. The Hall–Kier alpha value is -3.41. The first-order valence-electron chi connectivity index (χ1n) is 8.87. The van der Waals surface area contributed by atoms with Gasteiger partial charge in [-0.15, -0.1) is 0 Å². The van der Waals surface area contributed by atoms with E-state index in [1.165, 1.54) is 0 Å². The topological polar surface area (TPSA) is 73.2 Å². The molecule has 3 aromatic rings. The third-order valence-electron chi connectivity index (χ3n) is 3.95. The van der Waals surface area contributed by atoms with Gasteiger partial charge < -0.3 is 10.1 Å². The SMILES string of the molecule is CCCCOC(=O)c1ccc(NC(=O)c2ccn(-c3ccccc3)n2)cc1. The van der Waals surface area contributed by atoms with Crippen LogP contribution in [-0.4, -0.2) is 28.3 Å². The number of carbonyl (C=O) groups excluding carboxylic acids is 2. The summed E-state index contributed by atoms with van der Waals surface area (Å²) in [5, 5.41) is 7.07. The van der Waals surface area contributed by atoms with Gasteiger partial charge >= 0.3 is 5.97 Å². The van der Waals surface area contributed by atoms with Crippen molar-refractivity contribution in [1.82, 2.24) is 9.78 Å². The van der Waals surface area contributed by atoms with Gasteiger partial charge in [0.25, 0.3) is 5.91 Å². The van der Waals surface area contributed by atoms with Gasteiger partial charge in [0.2, 0.25) is 0 Å². The molecular weight excluding hydrogens is 342 g/mol. The minimum absolute atomic E-state index is 0.307. The number of nitrogens with zero attached hydrogens (tertiary/aromatic N) is 2. The quantitative estimate of drug-likeness (QED) is 0.507. The average molecular weight is 363 g/mol. The zero-order valence-corrected chi connectivity index (χ0v) is 15.1. The molecule has 0 radical (unpaired) electrons. The second-order valence-electron chi connectivity index (χ2n) is 6.00. The summed E-state index contributed by atoms with van der Waals surface area (Å²) < 4.78 is 6.81. The molecule has 1 heterocycles. The highest BCUT2D eigenvalue weighted by Gasteiger charge is 2.12. The van der Waals surface area contributed by atoms with Gasteiger partial charge in [0.15, 0.2) is 5.69 Å². The summed E-state index contributed by atoms with van der Waals surface area (Å²) in [4.78, 5) is 24.3. The van der Waals surface area contributed by atoms with Crippen molar-refractivity contribution in [3.05, 3.63) is 78.1 Å². The Kier molecular flexibility index (Phi) is 5.99. The van der Waals surface area contributed by atoms with Crippen LogP contribution in [0.25, 0.3) is 5.69 Å². The van der Waals surface area contributed by atoms with Gasteiger partial charge in [-0.2, -0.15) is 5.10 Å². The van der Waals surface area contributed by atoms with Gasteiger partial charge in [-0.3, -0.25) is 4.79 Å². The van der Waals surface area contributed by atoms with Crippen molar-refractivity contribution >= 4 is 17.6 Å². The van der Waals surface area contributed by atoms with Crippen LogP contribution in [0.1, 0.15) is 40.6 Å². The number of para-hydroxylation sites is 1. The lowest BCUT2D eigenvalue weighted by molar-refractivity contribution is 0.0499. The molecule has 0 saturated carbocycles. The lowest BCUT2D eigenvalue weighted by Crippen LogP contribution is -2.13. The lowest BCUT2D eigenvalue weighted by Gasteiger charge is -2.06. The van der Waals surface area contributed by atoms with Crippen molar-refractivity contribution in [2.45, 2.75) is 19.8 Å². The van der Waals surface area contributed by atoms with E-state index in [0.29, 0.717) is 23.6 Å². The van der Waals surface area contributed by atoms with E-state index >= 15 is 0 Å². The van der Waals surface area contributed by atoms with Crippen LogP contribution in [-0.2, 0) is 4.74 Å². The summed E-state index contributed by atoms with van der Waals surface area (Å²) >= 11 is 0. The number of rotatable bonds is 7. The first kappa shape index (κ1) is 18.4. The molecule has 0 aliphatic rings. The van der Waals surface area contributed by atoms with Crippen LogP contribution in [0.4, 0.5) is 5.69 Å². The highest BCUT2D eigenvalue weighted by atomic mass is 16.5. The fraction of sp³-hybridized carbons (Fsp3) is 0.190. The Morgan fingerprint density at radius 2 is 1.78 bits per heavy atom. The maximum absolute atomic E-state index is 12.4. The molecule has 1 amide bonds. The molecule has 138 valence electrons. The predicted molar refractivity (Wildman–Crippen MR) is 103 cm³/mol. The van der Waals surface area contributed by atoms with Crippen molar-refractivity contribution in [1.29, 1.82) is 0 Å². The highest BCUT2D eigenvalue weighted by molar-refractivity contribution is 6.03. The number of hydrogen-bond acceptors (Lipinski definition) is 4. The molecule has 3 rings (SSSR count). The first-order valence-corrected chi connectivity index (χ1v) is 8.87. The number of amides is 1. The van der Waals surface area contributed by atoms with Crippen molar-refractivity contribution in [3.63, 3.8) is 0 Å². The van der Waals surface area contributed by atoms with E-state index in [0.717, 1.165) is 18.5 Å². The maximum atomic E-state index is 12.4. The van der Waals surface area contributed by atoms with E-state index in [-0.39, 0.29) is 11.9 Å². The molecule has 0 aliphatic carbocycles. The van der Waals surface area contributed by atoms with E-state index < -0.39 is 0 Å². The van der Waals surface area contributed by atoms with Crippen LogP contribution in [0.2, 0.25) is 0 Å².